The molecule has 4 rings (SSSR count). The van der Waals surface area contributed by atoms with Crippen molar-refractivity contribution in [3.05, 3.63) is 60.2 Å². The normalized spacial score (nSPS) is 14.5. The SMILES string of the molecule is Cc1ccc(C(=O)NC2CC2)cc1-c1cnn(-c2cncc(NS(C)=O)c2)c1. The molecule has 1 saturated carbocycles. The minimum absolute atomic E-state index is 0.0355. The second-order valence-electron chi connectivity index (χ2n) is 6.94. The van der Waals surface area contributed by atoms with E-state index in [1.165, 1.54) is 0 Å². The Bertz CT molecular complexity index is 1060. The van der Waals surface area contributed by atoms with E-state index in [0.29, 0.717) is 17.3 Å². The van der Waals surface area contributed by atoms with Gasteiger partial charge in [0, 0.05) is 29.6 Å². The Hall–Kier alpha value is -3.00. The van der Waals surface area contributed by atoms with E-state index in [0.717, 1.165) is 35.2 Å². The smallest absolute Gasteiger partial charge is 0.251 e. The Kier molecular flexibility index (Phi) is 4.95. The summed E-state index contributed by atoms with van der Waals surface area (Å²) in [5.74, 6) is -0.0355. The Morgan fingerprint density at radius 1 is 1.21 bits per heavy atom. The predicted molar refractivity (Wildman–Crippen MR) is 110 cm³/mol. The molecule has 2 heterocycles. The first-order chi connectivity index (χ1) is 13.5. The summed E-state index contributed by atoms with van der Waals surface area (Å²) < 4.78 is 15.9. The molecule has 144 valence electrons. The van der Waals surface area contributed by atoms with Crippen LogP contribution in [-0.2, 0) is 11.0 Å². The molecule has 3 aromatic rings. The lowest BCUT2D eigenvalue weighted by Crippen LogP contribution is -2.25. The van der Waals surface area contributed by atoms with Crippen LogP contribution in [0.1, 0.15) is 28.8 Å². The highest BCUT2D eigenvalue weighted by atomic mass is 32.2. The van der Waals surface area contributed by atoms with Crippen molar-refractivity contribution in [2.24, 2.45) is 0 Å². The van der Waals surface area contributed by atoms with Gasteiger partial charge in [0.1, 0.15) is 11.0 Å². The zero-order chi connectivity index (χ0) is 19.7. The van der Waals surface area contributed by atoms with Crippen LogP contribution in [0.4, 0.5) is 5.69 Å². The van der Waals surface area contributed by atoms with E-state index < -0.39 is 11.0 Å². The quantitative estimate of drug-likeness (QED) is 0.672. The van der Waals surface area contributed by atoms with Crippen LogP contribution >= 0.6 is 0 Å². The Morgan fingerprint density at radius 3 is 2.79 bits per heavy atom. The summed E-state index contributed by atoms with van der Waals surface area (Å²) in [6.45, 7) is 2.01. The van der Waals surface area contributed by atoms with E-state index in [2.05, 4.69) is 20.1 Å². The summed E-state index contributed by atoms with van der Waals surface area (Å²) >= 11 is 0. The molecular weight excluding hydrogens is 374 g/mol. The molecule has 1 aliphatic carbocycles. The summed E-state index contributed by atoms with van der Waals surface area (Å²) in [6, 6.07) is 7.87. The van der Waals surface area contributed by atoms with Crippen molar-refractivity contribution >= 4 is 22.6 Å². The van der Waals surface area contributed by atoms with Gasteiger partial charge in [0.2, 0.25) is 0 Å². The highest BCUT2D eigenvalue weighted by Gasteiger charge is 2.24. The average Bonchev–Trinajstić information content (AvgIpc) is 3.34. The minimum atomic E-state index is -1.17. The third-order valence-electron chi connectivity index (χ3n) is 4.56. The monoisotopic (exact) mass is 395 g/mol. The molecule has 1 amide bonds. The van der Waals surface area contributed by atoms with E-state index in [9.17, 15) is 9.00 Å². The van der Waals surface area contributed by atoms with Crippen molar-refractivity contribution in [3.63, 3.8) is 0 Å². The molecule has 0 radical (unpaired) electrons. The summed E-state index contributed by atoms with van der Waals surface area (Å²) in [6.07, 6.45) is 10.6. The molecule has 7 nitrogen and oxygen atoms in total. The molecule has 2 aromatic heterocycles. The van der Waals surface area contributed by atoms with Crippen LogP contribution in [0.25, 0.3) is 16.8 Å². The number of amides is 1. The van der Waals surface area contributed by atoms with Crippen LogP contribution in [0, 0.1) is 6.92 Å². The van der Waals surface area contributed by atoms with Crippen LogP contribution in [0.5, 0.6) is 0 Å². The van der Waals surface area contributed by atoms with Crippen molar-refractivity contribution in [2.75, 3.05) is 11.0 Å². The largest absolute Gasteiger partial charge is 0.349 e. The van der Waals surface area contributed by atoms with Crippen molar-refractivity contribution in [1.29, 1.82) is 0 Å². The third kappa shape index (κ3) is 4.12. The molecule has 0 spiro atoms. The van der Waals surface area contributed by atoms with Crippen LogP contribution in [0.3, 0.4) is 0 Å². The average molecular weight is 395 g/mol. The molecular formula is C20H21N5O2S. The number of carbonyl (C=O) groups excluding carboxylic acids is 1. The number of nitrogens with one attached hydrogen (secondary N) is 2. The number of anilines is 1. The van der Waals surface area contributed by atoms with Gasteiger partial charge in [0.25, 0.3) is 5.91 Å². The highest BCUT2D eigenvalue weighted by Crippen LogP contribution is 2.26. The number of pyridine rings is 1. The fourth-order valence-electron chi connectivity index (χ4n) is 2.95. The van der Waals surface area contributed by atoms with Gasteiger partial charge in [-0.2, -0.15) is 5.10 Å². The second-order valence-corrected chi connectivity index (χ2v) is 8.05. The van der Waals surface area contributed by atoms with Crippen molar-refractivity contribution in [1.82, 2.24) is 20.1 Å². The lowest BCUT2D eigenvalue weighted by atomic mass is 10.0. The van der Waals surface area contributed by atoms with Gasteiger partial charge in [0.05, 0.1) is 30.0 Å². The minimum Gasteiger partial charge on any atom is -0.349 e. The first-order valence-corrected chi connectivity index (χ1v) is 10.6. The maximum Gasteiger partial charge on any atom is 0.251 e. The predicted octanol–water partition coefficient (Wildman–Crippen LogP) is 2.84. The van der Waals surface area contributed by atoms with Crippen molar-refractivity contribution in [3.8, 4) is 16.8 Å². The zero-order valence-corrected chi connectivity index (χ0v) is 16.5. The highest BCUT2D eigenvalue weighted by molar-refractivity contribution is 7.85. The molecule has 8 heteroatoms. The standard InChI is InChI=1S/C20H21N5O2S/c1-13-3-4-14(20(26)23-16-5-6-16)7-19(13)15-9-22-25(12-15)18-8-17(10-21-11-18)24-28(2)27/h3-4,7-12,16,24H,5-6H2,1-2H3,(H,23,26). The van der Waals surface area contributed by atoms with Crippen LogP contribution in [0.2, 0.25) is 0 Å². The topological polar surface area (TPSA) is 88.9 Å². The van der Waals surface area contributed by atoms with Crippen molar-refractivity contribution in [2.45, 2.75) is 25.8 Å². The van der Waals surface area contributed by atoms with Crippen molar-refractivity contribution < 1.29 is 9.00 Å². The number of carbonyl (C=O) groups is 1. The van der Waals surface area contributed by atoms with E-state index in [-0.39, 0.29) is 5.91 Å². The molecule has 0 aliphatic heterocycles. The molecule has 0 bridgehead atoms. The second kappa shape index (κ2) is 7.55. The zero-order valence-electron chi connectivity index (χ0n) is 15.7. The fourth-order valence-corrected chi connectivity index (χ4v) is 3.39. The van der Waals surface area contributed by atoms with Gasteiger partial charge in [-0.1, -0.05) is 6.07 Å². The molecule has 1 fully saturated rings. The summed E-state index contributed by atoms with van der Waals surface area (Å²) in [4.78, 5) is 16.5. The van der Waals surface area contributed by atoms with E-state index in [1.807, 2.05) is 37.4 Å². The van der Waals surface area contributed by atoms with Crippen LogP contribution in [0.15, 0.2) is 49.1 Å². The van der Waals surface area contributed by atoms with E-state index in [4.69, 9.17) is 0 Å². The van der Waals surface area contributed by atoms with Gasteiger partial charge in [-0.05, 0) is 49.1 Å². The number of hydrogen-bond donors (Lipinski definition) is 2. The number of hydrogen-bond acceptors (Lipinski definition) is 4. The molecule has 1 aromatic carbocycles. The third-order valence-corrected chi connectivity index (χ3v) is 5.08. The number of aromatic nitrogens is 3. The number of aryl methyl sites for hydroxylation is 1. The number of benzene rings is 1. The van der Waals surface area contributed by atoms with E-state index >= 15 is 0 Å². The van der Waals surface area contributed by atoms with E-state index in [1.54, 1.807) is 29.5 Å². The molecule has 1 aliphatic rings. The molecule has 28 heavy (non-hydrogen) atoms. The van der Waals surface area contributed by atoms with Gasteiger partial charge in [-0.15, -0.1) is 0 Å². The molecule has 1 atom stereocenters. The van der Waals surface area contributed by atoms with Gasteiger partial charge < -0.3 is 10.0 Å². The fraction of sp³-hybridized carbons (Fsp3) is 0.250. The molecule has 0 saturated heterocycles. The van der Waals surface area contributed by atoms with Gasteiger partial charge in [0.15, 0.2) is 0 Å². The summed E-state index contributed by atoms with van der Waals surface area (Å²) in [5.41, 5.74) is 5.01. The maximum atomic E-state index is 12.4. The maximum absolute atomic E-state index is 12.4. The lowest BCUT2D eigenvalue weighted by Gasteiger charge is -2.08. The molecule has 1 unspecified atom stereocenters. The number of rotatable bonds is 6. The first-order valence-electron chi connectivity index (χ1n) is 9.01. The summed E-state index contributed by atoms with van der Waals surface area (Å²) in [5, 5.41) is 7.45. The van der Waals surface area contributed by atoms with Gasteiger partial charge in [-0.3, -0.25) is 9.78 Å². The summed E-state index contributed by atoms with van der Waals surface area (Å²) in [7, 11) is -1.17. The lowest BCUT2D eigenvalue weighted by molar-refractivity contribution is 0.0951. The van der Waals surface area contributed by atoms with Crippen LogP contribution in [-0.4, -0.2) is 37.2 Å². The van der Waals surface area contributed by atoms with Gasteiger partial charge in [-0.25, -0.2) is 8.89 Å². The van der Waals surface area contributed by atoms with Crippen LogP contribution < -0.4 is 10.0 Å². The Balaban J connectivity index is 1.62. The number of nitrogens with zero attached hydrogens (tertiary/aromatic N) is 3. The van der Waals surface area contributed by atoms with Gasteiger partial charge >= 0.3 is 0 Å². The first kappa shape index (κ1) is 18.4. The Morgan fingerprint density at radius 2 is 2.04 bits per heavy atom. The molecule has 2 N–H and O–H groups in total. The Labute approximate surface area is 165 Å².